The van der Waals surface area contributed by atoms with Gasteiger partial charge in [0, 0.05) is 49.9 Å². The Bertz CT molecular complexity index is 1430. The summed E-state index contributed by atoms with van der Waals surface area (Å²) in [4.78, 5) is 21.5. The van der Waals surface area contributed by atoms with E-state index >= 15 is 0 Å². The van der Waals surface area contributed by atoms with Gasteiger partial charge in [-0.05, 0) is 26.0 Å². The molecule has 0 unspecified atom stereocenters. The molecule has 4 rings (SSSR count). The quantitative estimate of drug-likeness (QED) is 0.405. The van der Waals surface area contributed by atoms with Crippen molar-refractivity contribution in [3.63, 3.8) is 0 Å². The first-order chi connectivity index (χ1) is 16.1. The van der Waals surface area contributed by atoms with Crippen molar-refractivity contribution in [3.8, 4) is 11.3 Å². The van der Waals surface area contributed by atoms with E-state index in [4.69, 9.17) is 0 Å². The molecule has 0 radical (unpaired) electrons. The van der Waals surface area contributed by atoms with Gasteiger partial charge in [0.15, 0.2) is 5.82 Å². The molecule has 34 heavy (non-hydrogen) atoms. The number of aryl methyl sites for hydroxylation is 3. The third-order valence-corrected chi connectivity index (χ3v) is 6.04. The zero-order valence-corrected chi connectivity index (χ0v) is 20.2. The summed E-state index contributed by atoms with van der Waals surface area (Å²) in [5.41, 5.74) is 2.53. The SMILES string of the molecule is Cc1cc(Nc2cc(Nc3ncc(-c4ccn(C)n4)cc3N(C)S(C)(=O)=O)ncn2)nc(C)n1. The predicted molar refractivity (Wildman–Crippen MR) is 130 cm³/mol. The van der Waals surface area contributed by atoms with Crippen molar-refractivity contribution in [1.29, 1.82) is 0 Å². The van der Waals surface area contributed by atoms with Gasteiger partial charge >= 0.3 is 0 Å². The van der Waals surface area contributed by atoms with Gasteiger partial charge in [-0.25, -0.2) is 33.3 Å². The number of sulfonamides is 1. The molecule has 4 aromatic heterocycles. The average Bonchev–Trinajstić information content (AvgIpc) is 3.19. The number of pyridine rings is 1. The summed E-state index contributed by atoms with van der Waals surface area (Å²) in [6.45, 7) is 3.69. The number of nitrogens with one attached hydrogen (secondary N) is 2. The highest BCUT2D eigenvalue weighted by atomic mass is 32.2. The van der Waals surface area contributed by atoms with Gasteiger partial charge in [-0.3, -0.25) is 8.99 Å². The Morgan fingerprint density at radius 3 is 2.35 bits per heavy atom. The highest BCUT2D eigenvalue weighted by molar-refractivity contribution is 7.92. The lowest BCUT2D eigenvalue weighted by molar-refractivity contribution is 0.600. The molecule has 0 aliphatic heterocycles. The number of hydrogen-bond acceptors (Lipinski definition) is 10. The Kier molecular flexibility index (Phi) is 6.11. The van der Waals surface area contributed by atoms with Crippen LogP contribution in [0.1, 0.15) is 11.5 Å². The molecule has 12 nitrogen and oxygen atoms in total. The Hall–Kier alpha value is -4.13. The van der Waals surface area contributed by atoms with Crippen LogP contribution in [-0.4, -0.2) is 56.4 Å². The van der Waals surface area contributed by atoms with E-state index in [2.05, 4.69) is 40.7 Å². The van der Waals surface area contributed by atoms with Gasteiger partial charge in [0.05, 0.1) is 17.6 Å². The lowest BCUT2D eigenvalue weighted by atomic mass is 10.2. The van der Waals surface area contributed by atoms with Crippen molar-refractivity contribution in [2.24, 2.45) is 7.05 Å². The molecule has 4 aromatic rings. The van der Waals surface area contributed by atoms with Crippen LogP contribution in [0.3, 0.4) is 0 Å². The molecule has 4 heterocycles. The number of nitrogens with zero attached hydrogens (tertiary/aromatic N) is 8. The molecule has 0 aliphatic rings. The molecule has 0 atom stereocenters. The van der Waals surface area contributed by atoms with E-state index in [1.54, 1.807) is 42.3 Å². The summed E-state index contributed by atoms with van der Waals surface area (Å²) in [7, 11) is -0.281. The van der Waals surface area contributed by atoms with E-state index in [9.17, 15) is 8.42 Å². The fraction of sp³-hybridized carbons (Fsp3) is 0.238. The summed E-state index contributed by atoms with van der Waals surface area (Å²) in [5, 5.41) is 10.6. The minimum Gasteiger partial charge on any atom is -0.325 e. The van der Waals surface area contributed by atoms with E-state index in [1.807, 2.05) is 19.9 Å². The van der Waals surface area contributed by atoms with Crippen molar-refractivity contribution < 1.29 is 8.42 Å². The third-order valence-electron chi connectivity index (χ3n) is 4.85. The van der Waals surface area contributed by atoms with Crippen molar-refractivity contribution in [1.82, 2.24) is 34.7 Å². The molecule has 0 amide bonds. The average molecular weight is 481 g/mol. The zero-order valence-electron chi connectivity index (χ0n) is 19.3. The van der Waals surface area contributed by atoms with E-state index in [-0.39, 0.29) is 0 Å². The maximum atomic E-state index is 12.3. The van der Waals surface area contributed by atoms with Crippen molar-refractivity contribution in [2.75, 3.05) is 28.2 Å². The second-order valence-electron chi connectivity index (χ2n) is 7.68. The monoisotopic (exact) mass is 480 g/mol. The second kappa shape index (κ2) is 9.02. The van der Waals surface area contributed by atoms with Gasteiger partial charge in [0.25, 0.3) is 0 Å². The van der Waals surface area contributed by atoms with Crippen molar-refractivity contribution >= 4 is 39.0 Å². The van der Waals surface area contributed by atoms with E-state index in [1.165, 1.54) is 13.4 Å². The molecule has 0 bridgehead atoms. The Labute approximate surface area is 197 Å². The molecule has 0 saturated carbocycles. The number of rotatable bonds is 7. The molecule has 2 N–H and O–H groups in total. The molecule has 0 aromatic carbocycles. The minimum atomic E-state index is -3.55. The van der Waals surface area contributed by atoms with Crippen LogP contribution in [0.2, 0.25) is 0 Å². The number of anilines is 5. The van der Waals surface area contributed by atoms with Gasteiger partial charge in [-0.2, -0.15) is 5.10 Å². The molecular formula is C21H24N10O2S. The van der Waals surface area contributed by atoms with Crippen LogP contribution in [0.25, 0.3) is 11.3 Å². The van der Waals surface area contributed by atoms with Crippen LogP contribution in [-0.2, 0) is 17.1 Å². The van der Waals surface area contributed by atoms with Crippen molar-refractivity contribution in [3.05, 3.63) is 54.5 Å². The number of hydrogen-bond donors (Lipinski definition) is 2. The van der Waals surface area contributed by atoms with Crippen molar-refractivity contribution in [2.45, 2.75) is 13.8 Å². The largest absolute Gasteiger partial charge is 0.325 e. The lowest BCUT2D eigenvalue weighted by Gasteiger charge is -2.20. The molecule has 0 aliphatic carbocycles. The van der Waals surface area contributed by atoms with Crippen LogP contribution in [0.4, 0.5) is 29.0 Å². The fourth-order valence-corrected chi connectivity index (χ4v) is 3.70. The van der Waals surface area contributed by atoms with Gasteiger partial charge < -0.3 is 10.6 Å². The summed E-state index contributed by atoms with van der Waals surface area (Å²) in [6.07, 6.45) is 5.94. The van der Waals surface area contributed by atoms with E-state index in [0.717, 1.165) is 16.3 Å². The summed E-state index contributed by atoms with van der Waals surface area (Å²) < 4.78 is 27.4. The zero-order chi connectivity index (χ0) is 24.5. The highest BCUT2D eigenvalue weighted by Gasteiger charge is 2.19. The molecule has 176 valence electrons. The third kappa shape index (κ3) is 5.26. The molecular weight excluding hydrogens is 456 g/mol. The van der Waals surface area contributed by atoms with Crippen LogP contribution in [0.15, 0.2) is 43.0 Å². The smallest absolute Gasteiger partial charge is 0.232 e. The molecule has 13 heteroatoms. The molecule has 0 saturated heterocycles. The molecule has 0 fully saturated rings. The summed E-state index contributed by atoms with van der Waals surface area (Å²) in [6, 6.07) is 7.02. The van der Waals surface area contributed by atoms with Gasteiger partial charge in [0.1, 0.15) is 29.6 Å². The first-order valence-corrected chi connectivity index (χ1v) is 12.1. The maximum absolute atomic E-state index is 12.3. The van der Waals surface area contributed by atoms with E-state index < -0.39 is 10.0 Å². The normalized spacial score (nSPS) is 11.3. The first kappa shape index (κ1) is 23.0. The first-order valence-electron chi connectivity index (χ1n) is 10.2. The standard InChI is InChI=1S/C21H24N10O2S/c1-13-8-20(26-14(2)25-13)27-18-10-19(24-12-23-18)28-21-17(31(4)34(5,32)33)9-15(11-22-21)16-6-7-30(3)29-16/h6-12H,1-5H3,(H2,22,23,24,25,26,27,28). The van der Waals surface area contributed by atoms with Crippen LogP contribution >= 0.6 is 0 Å². The van der Waals surface area contributed by atoms with Crippen LogP contribution in [0, 0.1) is 13.8 Å². The van der Waals surface area contributed by atoms with Crippen LogP contribution < -0.4 is 14.9 Å². The van der Waals surface area contributed by atoms with Gasteiger partial charge in [0.2, 0.25) is 10.0 Å². The Balaban J connectivity index is 1.67. The lowest BCUT2D eigenvalue weighted by Crippen LogP contribution is -2.26. The highest BCUT2D eigenvalue weighted by Crippen LogP contribution is 2.31. The maximum Gasteiger partial charge on any atom is 0.232 e. The van der Waals surface area contributed by atoms with Gasteiger partial charge in [-0.1, -0.05) is 0 Å². The number of aromatic nitrogens is 7. The Morgan fingerprint density at radius 1 is 0.971 bits per heavy atom. The minimum absolute atomic E-state index is 0.311. The van der Waals surface area contributed by atoms with Gasteiger partial charge in [-0.15, -0.1) is 0 Å². The predicted octanol–water partition coefficient (Wildman–Crippen LogP) is 2.56. The second-order valence-corrected chi connectivity index (χ2v) is 9.69. The molecule has 0 spiro atoms. The topological polar surface area (TPSA) is 144 Å². The summed E-state index contributed by atoms with van der Waals surface area (Å²) >= 11 is 0. The fourth-order valence-electron chi connectivity index (χ4n) is 3.20. The van der Waals surface area contributed by atoms with Crippen LogP contribution in [0.5, 0.6) is 0 Å². The Morgan fingerprint density at radius 2 is 1.71 bits per heavy atom. The summed E-state index contributed by atoms with van der Waals surface area (Å²) in [5.74, 6) is 2.47. The van der Waals surface area contributed by atoms with E-state index in [0.29, 0.717) is 46.0 Å².